The van der Waals surface area contributed by atoms with Crippen molar-refractivity contribution in [1.29, 1.82) is 5.26 Å². The summed E-state index contributed by atoms with van der Waals surface area (Å²) in [6.07, 6.45) is 1.58. The number of hydrogen-bond acceptors (Lipinski definition) is 3. The summed E-state index contributed by atoms with van der Waals surface area (Å²) in [5, 5.41) is 8.54. The van der Waals surface area contributed by atoms with E-state index in [1.165, 1.54) is 0 Å². The van der Waals surface area contributed by atoms with E-state index in [0.717, 1.165) is 11.0 Å². The summed E-state index contributed by atoms with van der Waals surface area (Å²) in [7, 11) is 0. The van der Waals surface area contributed by atoms with Crippen LogP contribution in [0.5, 0.6) is 0 Å². The van der Waals surface area contributed by atoms with Gasteiger partial charge >= 0.3 is 0 Å². The first-order chi connectivity index (χ1) is 5.79. The van der Waals surface area contributed by atoms with Gasteiger partial charge in [-0.15, -0.1) is 0 Å². The lowest BCUT2D eigenvalue weighted by molar-refractivity contribution is 1.28. The van der Waals surface area contributed by atoms with Crippen LogP contribution in [0.15, 0.2) is 12.3 Å². The molecule has 2 aromatic heterocycles. The number of nitrogens with zero attached hydrogens (tertiary/aromatic N) is 2. The van der Waals surface area contributed by atoms with E-state index in [2.05, 4.69) is 15.0 Å². The van der Waals surface area contributed by atoms with E-state index >= 15 is 0 Å². The third kappa shape index (κ3) is 0.984. The first kappa shape index (κ1) is 7.00. The van der Waals surface area contributed by atoms with Crippen molar-refractivity contribution in [3.8, 4) is 6.07 Å². The van der Waals surface area contributed by atoms with Crippen LogP contribution in [0.25, 0.3) is 11.0 Å². The number of hydrogen-bond donors (Lipinski definition) is 2. The number of nitriles is 1. The highest BCUT2D eigenvalue weighted by Crippen LogP contribution is 2.08. The van der Waals surface area contributed by atoms with E-state index in [4.69, 9.17) is 17.5 Å². The van der Waals surface area contributed by atoms with Gasteiger partial charge in [-0.3, -0.25) is 0 Å². The van der Waals surface area contributed by atoms with Crippen LogP contribution in [0, 0.1) is 16.1 Å². The van der Waals surface area contributed by atoms with Gasteiger partial charge in [-0.2, -0.15) is 5.26 Å². The quantitative estimate of drug-likeness (QED) is 0.597. The zero-order chi connectivity index (χ0) is 8.55. The summed E-state index contributed by atoms with van der Waals surface area (Å²) >= 11 is 4.87. The first-order valence-electron chi connectivity index (χ1n) is 3.28. The number of fused-ring (bicyclic) bond motifs is 1. The lowest BCUT2D eigenvalue weighted by Gasteiger charge is -1.87. The molecule has 2 heterocycles. The van der Waals surface area contributed by atoms with Crippen LogP contribution in [-0.2, 0) is 0 Å². The molecule has 58 valence electrons. The highest BCUT2D eigenvalue weighted by Gasteiger charge is 1.97. The molecule has 0 saturated heterocycles. The molecule has 2 N–H and O–H groups in total. The maximum atomic E-state index is 8.54. The molecule has 0 aliphatic rings. The highest BCUT2D eigenvalue weighted by atomic mass is 32.1. The van der Waals surface area contributed by atoms with E-state index in [9.17, 15) is 0 Å². The van der Waals surface area contributed by atoms with Crippen LogP contribution in [0.1, 0.15) is 5.69 Å². The highest BCUT2D eigenvalue weighted by molar-refractivity contribution is 7.71. The molecule has 0 radical (unpaired) electrons. The van der Waals surface area contributed by atoms with Gasteiger partial charge in [0.25, 0.3) is 0 Å². The van der Waals surface area contributed by atoms with Crippen molar-refractivity contribution in [1.82, 2.24) is 15.0 Å². The minimum atomic E-state index is 0.382. The molecule has 0 spiro atoms. The average Bonchev–Trinajstić information content (AvgIpc) is 2.43. The minimum absolute atomic E-state index is 0.382. The molecule has 12 heavy (non-hydrogen) atoms. The Hall–Kier alpha value is -1.67. The third-order valence-electron chi connectivity index (χ3n) is 1.51. The van der Waals surface area contributed by atoms with Gasteiger partial charge < -0.3 is 9.97 Å². The molecule has 0 unspecified atom stereocenters. The molecule has 5 heteroatoms. The average molecular weight is 176 g/mol. The van der Waals surface area contributed by atoms with Crippen molar-refractivity contribution in [3.05, 3.63) is 22.7 Å². The first-order valence-corrected chi connectivity index (χ1v) is 3.68. The summed E-state index contributed by atoms with van der Waals surface area (Å²) < 4.78 is 0.543. The Morgan fingerprint density at radius 3 is 2.92 bits per heavy atom. The smallest absolute Gasteiger partial charge is 0.175 e. The Morgan fingerprint density at radius 1 is 1.42 bits per heavy atom. The number of aromatic nitrogens is 3. The van der Waals surface area contributed by atoms with Gasteiger partial charge in [0.05, 0.1) is 17.2 Å². The molecule has 0 aromatic carbocycles. The van der Waals surface area contributed by atoms with Crippen LogP contribution >= 0.6 is 12.2 Å². The fourth-order valence-electron chi connectivity index (χ4n) is 0.995. The standard InChI is InChI=1S/C7H4N4S/c8-2-4-1-5-6(3-9-4)11-7(12)10-5/h1,3H,(H2,10,11,12). The van der Waals surface area contributed by atoms with Crippen molar-refractivity contribution in [2.75, 3.05) is 0 Å². The van der Waals surface area contributed by atoms with Gasteiger partial charge in [-0.25, -0.2) is 4.98 Å². The summed E-state index contributed by atoms with van der Waals surface area (Å²) in [5.74, 6) is 0. The zero-order valence-corrected chi connectivity index (χ0v) is 6.77. The van der Waals surface area contributed by atoms with E-state index in [1.807, 2.05) is 6.07 Å². The van der Waals surface area contributed by atoms with Gasteiger partial charge in [0.1, 0.15) is 11.8 Å². The third-order valence-corrected chi connectivity index (χ3v) is 1.72. The molecule has 0 fully saturated rings. The lowest BCUT2D eigenvalue weighted by atomic mass is 10.3. The molecule has 2 rings (SSSR count). The van der Waals surface area contributed by atoms with E-state index in [1.54, 1.807) is 12.3 Å². The van der Waals surface area contributed by atoms with Crippen molar-refractivity contribution in [2.24, 2.45) is 0 Å². The molecule has 0 atom stereocenters. The predicted molar refractivity (Wildman–Crippen MR) is 46.0 cm³/mol. The van der Waals surface area contributed by atoms with E-state index < -0.39 is 0 Å². The molecule has 0 saturated carbocycles. The summed E-state index contributed by atoms with van der Waals surface area (Å²) in [5.41, 5.74) is 2.01. The number of H-pyrrole nitrogens is 2. The summed E-state index contributed by atoms with van der Waals surface area (Å²) in [6.45, 7) is 0. The molecular formula is C7H4N4S. The number of pyridine rings is 1. The van der Waals surface area contributed by atoms with Gasteiger partial charge in [-0.05, 0) is 12.2 Å². The Labute approximate surface area is 72.9 Å². The van der Waals surface area contributed by atoms with Crippen LogP contribution < -0.4 is 0 Å². The molecule has 4 nitrogen and oxygen atoms in total. The Morgan fingerprint density at radius 2 is 2.17 bits per heavy atom. The second-order valence-corrected chi connectivity index (χ2v) is 2.71. The molecule has 0 bridgehead atoms. The van der Waals surface area contributed by atoms with Gasteiger partial charge in [0.2, 0.25) is 0 Å². The zero-order valence-electron chi connectivity index (χ0n) is 5.96. The minimum Gasteiger partial charge on any atom is -0.331 e. The summed E-state index contributed by atoms with van der Waals surface area (Å²) in [6, 6.07) is 3.60. The maximum Gasteiger partial charge on any atom is 0.175 e. The fraction of sp³-hybridized carbons (Fsp3) is 0. The maximum absolute atomic E-state index is 8.54. The van der Waals surface area contributed by atoms with Gasteiger partial charge in [-0.1, -0.05) is 0 Å². The van der Waals surface area contributed by atoms with Crippen molar-refractivity contribution < 1.29 is 0 Å². The second-order valence-electron chi connectivity index (χ2n) is 2.31. The van der Waals surface area contributed by atoms with Crippen molar-refractivity contribution in [2.45, 2.75) is 0 Å². The Balaban J connectivity index is 2.85. The van der Waals surface area contributed by atoms with Gasteiger partial charge in [0, 0.05) is 6.07 Å². The molecule has 2 aromatic rings. The second kappa shape index (κ2) is 2.43. The Kier molecular flexibility index (Phi) is 1.42. The number of imidazole rings is 1. The van der Waals surface area contributed by atoms with E-state index in [0.29, 0.717) is 10.5 Å². The van der Waals surface area contributed by atoms with Crippen LogP contribution in [0.4, 0.5) is 0 Å². The van der Waals surface area contributed by atoms with Gasteiger partial charge in [0.15, 0.2) is 4.77 Å². The molecular weight excluding hydrogens is 172 g/mol. The largest absolute Gasteiger partial charge is 0.331 e. The molecule has 0 aliphatic heterocycles. The monoisotopic (exact) mass is 176 g/mol. The fourth-order valence-corrected chi connectivity index (χ4v) is 1.22. The van der Waals surface area contributed by atoms with Crippen LogP contribution in [0.3, 0.4) is 0 Å². The van der Waals surface area contributed by atoms with E-state index in [-0.39, 0.29) is 0 Å². The molecule has 0 amide bonds. The van der Waals surface area contributed by atoms with Crippen molar-refractivity contribution >= 4 is 23.3 Å². The normalized spacial score (nSPS) is 9.92. The number of aromatic amines is 2. The van der Waals surface area contributed by atoms with Crippen LogP contribution in [-0.4, -0.2) is 15.0 Å². The SMILES string of the molecule is N#Cc1cc2[nH]c(=S)[nH]c2cn1. The summed E-state index contributed by atoms with van der Waals surface area (Å²) in [4.78, 5) is 9.68. The van der Waals surface area contributed by atoms with Crippen molar-refractivity contribution in [3.63, 3.8) is 0 Å². The number of rotatable bonds is 0. The lowest BCUT2D eigenvalue weighted by Crippen LogP contribution is -1.80. The molecule has 0 aliphatic carbocycles. The van der Waals surface area contributed by atoms with Crippen LogP contribution in [0.2, 0.25) is 0 Å². The number of nitrogens with one attached hydrogen (secondary N) is 2. The Bertz CT molecular complexity index is 516. The topological polar surface area (TPSA) is 68.3 Å². The predicted octanol–water partition coefficient (Wildman–Crippen LogP) is 1.49.